The Kier molecular flexibility index (Phi) is 0.153. The molecule has 1 saturated heterocycles. The van der Waals surface area contributed by atoms with Crippen LogP contribution in [0.1, 0.15) is 12.8 Å². The van der Waals surface area contributed by atoms with Crippen LogP contribution < -0.4 is 5.32 Å². The average Bonchev–Trinajstić information content (AvgIpc) is 2.17. The van der Waals surface area contributed by atoms with Gasteiger partial charge in [-0.15, -0.1) is 0 Å². The van der Waals surface area contributed by atoms with E-state index in [0.717, 1.165) is 0 Å². The van der Waals surface area contributed by atoms with E-state index in [1.165, 1.54) is 12.8 Å². The smallest absolute Gasteiger partial charge is 0.0428 e. The number of hydrogen-bond donors (Lipinski definition) is 1. The first-order valence-electron chi connectivity index (χ1n) is 2.03. The molecule has 1 heteroatoms. The van der Waals surface area contributed by atoms with Gasteiger partial charge in [-0.3, -0.25) is 0 Å². The molecule has 0 bridgehead atoms. The monoisotopic (exact) mass is 68.1 g/mol. The van der Waals surface area contributed by atoms with E-state index in [-0.39, 0.29) is 0 Å². The van der Waals surface area contributed by atoms with E-state index in [1.54, 1.807) is 0 Å². The third-order valence-electron chi connectivity index (χ3n) is 1.34. The molecule has 1 heterocycles. The van der Waals surface area contributed by atoms with Crippen LogP contribution >= 0.6 is 0 Å². The van der Waals surface area contributed by atoms with Crippen LogP contribution in [-0.4, -0.2) is 5.54 Å². The van der Waals surface area contributed by atoms with Crippen LogP contribution in [0, 0.1) is 6.54 Å². The Morgan fingerprint density at radius 3 is 2.20 bits per heavy atom. The topological polar surface area (TPSA) is 21.9 Å². The van der Waals surface area contributed by atoms with Gasteiger partial charge in [-0.2, -0.15) is 0 Å². The molecule has 2 fully saturated rings. The van der Waals surface area contributed by atoms with Crippen LogP contribution in [0.15, 0.2) is 0 Å². The highest BCUT2D eigenvalue weighted by Gasteiger charge is 2.53. The number of rotatable bonds is 0. The van der Waals surface area contributed by atoms with E-state index < -0.39 is 0 Å². The Morgan fingerprint density at radius 2 is 2.20 bits per heavy atom. The van der Waals surface area contributed by atoms with Crippen molar-refractivity contribution in [2.45, 2.75) is 18.4 Å². The summed E-state index contributed by atoms with van der Waals surface area (Å²) in [6.07, 6.45) is 2.79. The van der Waals surface area contributed by atoms with Gasteiger partial charge in [0.25, 0.3) is 0 Å². The Morgan fingerprint density at radius 1 is 1.60 bits per heavy atom. The zero-order chi connectivity index (χ0) is 3.33. The lowest BCUT2D eigenvalue weighted by atomic mass is 10.5. The van der Waals surface area contributed by atoms with Crippen LogP contribution in [0.25, 0.3) is 0 Å². The SMILES string of the molecule is [CH]1NC12CC2. The van der Waals surface area contributed by atoms with Gasteiger partial charge in [0, 0.05) is 12.1 Å². The molecule has 1 nitrogen and oxygen atoms in total. The molecule has 0 aromatic rings. The first-order valence-corrected chi connectivity index (χ1v) is 2.03. The van der Waals surface area contributed by atoms with E-state index in [4.69, 9.17) is 0 Å². The molecule has 27 valence electrons. The van der Waals surface area contributed by atoms with Gasteiger partial charge in [0.1, 0.15) is 0 Å². The van der Waals surface area contributed by atoms with Crippen molar-refractivity contribution in [2.24, 2.45) is 0 Å². The second kappa shape index (κ2) is 0.350. The summed E-state index contributed by atoms with van der Waals surface area (Å²) in [6, 6.07) is 0. The standard InChI is InChI=1S/C4H6N/c1-2-4(1)3-5-4/h3,5H,1-2H2. The predicted molar refractivity (Wildman–Crippen MR) is 19.4 cm³/mol. The fourth-order valence-corrected chi connectivity index (χ4v) is 0.525. The molecule has 0 atom stereocenters. The predicted octanol–water partition coefficient (Wildman–Crippen LogP) is 0.284. The quantitative estimate of drug-likeness (QED) is 0.405. The Bertz CT molecular complexity index is 46.5. The summed E-state index contributed by atoms with van der Waals surface area (Å²) in [7, 11) is 0. The lowest BCUT2D eigenvalue weighted by molar-refractivity contribution is 1.03. The summed E-state index contributed by atoms with van der Waals surface area (Å²) >= 11 is 0. The highest BCUT2D eigenvalue weighted by atomic mass is 15.2. The van der Waals surface area contributed by atoms with Gasteiger partial charge in [0.2, 0.25) is 0 Å². The molecule has 0 aromatic carbocycles. The van der Waals surface area contributed by atoms with Crippen molar-refractivity contribution >= 4 is 0 Å². The molecular formula is C4H6N. The lowest BCUT2D eigenvalue weighted by Gasteiger charge is -1.58. The van der Waals surface area contributed by atoms with Gasteiger partial charge < -0.3 is 5.32 Å². The summed E-state index contributed by atoms with van der Waals surface area (Å²) in [5, 5.41) is 3.16. The van der Waals surface area contributed by atoms with Crippen LogP contribution in [0.2, 0.25) is 0 Å². The van der Waals surface area contributed by atoms with Gasteiger partial charge in [-0.1, -0.05) is 0 Å². The molecule has 1 N–H and O–H groups in total. The Balaban J connectivity index is 2.30. The van der Waals surface area contributed by atoms with Crippen molar-refractivity contribution in [3.63, 3.8) is 0 Å². The third-order valence-corrected chi connectivity index (χ3v) is 1.34. The summed E-state index contributed by atoms with van der Waals surface area (Å²) < 4.78 is 0. The lowest BCUT2D eigenvalue weighted by Crippen LogP contribution is -1.80. The van der Waals surface area contributed by atoms with E-state index >= 15 is 0 Å². The zero-order valence-electron chi connectivity index (χ0n) is 2.99. The van der Waals surface area contributed by atoms with Crippen molar-refractivity contribution in [3.05, 3.63) is 6.54 Å². The highest BCUT2D eigenvalue weighted by molar-refractivity contribution is 5.25. The first kappa shape index (κ1) is 2.19. The van der Waals surface area contributed by atoms with Crippen LogP contribution in [0.3, 0.4) is 0 Å². The van der Waals surface area contributed by atoms with E-state index in [1.807, 2.05) is 0 Å². The molecule has 1 aliphatic carbocycles. The van der Waals surface area contributed by atoms with E-state index in [2.05, 4.69) is 11.9 Å². The molecule has 0 amide bonds. The Hall–Kier alpha value is -0.0400. The largest absolute Gasteiger partial charge is 0.304 e. The molecule has 5 heavy (non-hydrogen) atoms. The summed E-state index contributed by atoms with van der Waals surface area (Å²) in [5.41, 5.74) is 0.625. The highest BCUT2D eigenvalue weighted by Crippen LogP contribution is 2.46. The molecule has 2 aliphatic rings. The van der Waals surface area contributed by atoms with Gasteiger partial charge in [0.05, 0.1) is 0 Å². The van der Waals surface area contributed by atoms with Crippen molar-refractivity contribution in [1.29, 1.82) is 0 Å². The number of nitrogens with one attached hydrogen (secondary N) is 1. The second-order valence-corrected chi connectivity index (χ2v) is 1.94. The Labute approximate surface area is 31.4 Å². The van der Waals surface area contributed by atoms with E-state index in [9.17, 15) is 0 Å². The molecule has 0 unspecified atom stereocenters. The second-order valence-electron chi connectivity index (χ2n) is 1.94. The first-order chi connectivity index (χ1) is 2.41. The third kappa shape index (κ3) is 0.153. The van der Waals surface area contributed by atoms with E-state index in [0.29, 0.717) is 5.54 Å². The van der Waals surface area contributed by atoms with Gasteiger partial charge >= 0.3 is 0 Å². The van der Waals surface area contributed by atoms with Crippen molar-refractivity contribution in [1.82, 2.24) is 5.32 Å². The molecule has 0 aromatic heterocycles. The maximum Gasteiger partial charge on any atom is 0.0428 e. The average molecular weight is 68.1 g/mol. The van der Waals surface area contributed by atoms with Gasteiger partial charge in [-0.05, 0) is 12.8 Å². The zero-order valence-corrected chi connectivity index (χ0v) is 2.99. The van der Waals surface area contributed by atoms with Crippen molar-refractivity contribution in [2.75, 3.05) is 0 Å². The fraction of sp³-hybridized carbons (Fsp3) is 0.750. The minimum Gasteiger partial charge on any atom is -0.304 e. The maximum absolute atomic E-state index is 3.16. The molecular weight excluding hydrogens is 62.1 g/mol. The molecule has 2 rings (SSSR count). The van der Waals surface area contributed by atoms with Crippen LogP contribution in [-0.2, 0) is 0 Å². The molecule has 1 aliphatic heterocycles. The normalized spacial score (nSPS) is 38.4. The summed E-state index contributed by atoms with van der Waals surface area (Å²) in [6.45, 7) is 2.17. The van der Waals surface area contributed by atoms with Crippen LogP contribution in [0.5, 0.6) is 0 Å². The maximum atomic E-state index is 3.16. The molecule has 1 radical (unpaired) electrons. The van der Waals surface area contributed by atoms with Crippen LogP contribution in [0.4, 0.5) is 0 Å². The van der Waals surface area contributed by atoms with Gasteiger partial charge in [-0.25, -0.2) is 0 Å². The molecule has 1 saturated carbocycles. The fourth-order valence-electron chi connectivity index (χ4n) is 0.525. The van der Waals surface area contributed by atoms with Gasteiger partial charge in [0.15, 0.2) is 0 Å². The number of hydrogen-bond acceptors (Lipinski definition) is 1. The summed E-state index contributed by atoms with van der Waals surface area (Å²) in [4.78, 5) is 0. The summed E-state index contributed by atoms with van der Waals surface area (Å²) in [5.74, 6) is 0. The van der Waals surface area contributed by atoms with Crippen molar-refractivity contribution < 1.29 is 0 Å². The molecule has 1 spiro atoms. The minimum absolute atomic E-state index is 0.625. The van der Waals surface area contributed by atoms with Crippen molar-refractivity contribution in [3.8, 4) is 0 Å². The minimum atomic E-state index is 0.625.